The van der Waals surface area contributed by atoms with Crippen LogP contribution in [0.3, 0.4) is 0 Å². The summed E-state index contributed by atoms with van der Waals surface area (Å²) in [6.07, 6.45) is 2.20. The van der Waals surface area contributed by atoms with Gasteiger partial charge in [0.05, 0.1) is 6.10 Å². The van der Waals surface area contributed by atoms with Crippen LogP contribution in [-0.2, 0) is 0 Å². The highest BCUT2D eigenvalue weighted by molar-refractivity contribution is 4.81. The van der Waals surface area contributed by atoms with Gasteiger partial charge in [-0.05, 0) is 12.8 Å². The van der Waals surface area contributed by atoms with E-state index in [0.29, 0.717) is 6.10 Å². The van der Waals surface area contributed by atoms with Gasteiger partial charge in [-0.3, -0.25) is 0 Å². The normalized spacial score (nSPS) is 25.3. The van der Waals surface area contributed by atoms with E-state index in [9.17, 15) is 0 Å². The van der Waals surface area contributed by atoms with Gasteiger partial charge in [0.2, 0.25) is 0 Å². The number of hydrogen-bond acceptors (Lipinski definition) is 1. The van der Waals surface area contributed by atoms with Crippen LogP contribution in [0.5, 0.6) is 0 Å². The van der Waals surface area contributed by atoms with Crippen LogP contribution in [0.15, 0.2) is 0 Å². The second kappa shape index (κ2) is 2.28. The molecule has 2 radical (unpaired) electrons. The quantitative estimate of drug-likeness (QED) is 0.465. The standard InChI is InChI=1S/C5H9NO/c7-5-1-3-6-4-2-5/h7H,1-4H2. The number of hydrogen-bond donors (Lipinski definition) is 1. The molecule has 0 unspecified atom stereocenters. The summed E-state index contributed by atoms with van der Waals surface area (Å²) in [5.74, 6) is 0. The molecule has 40 valence electrons. The molecule has 0 atom stereocenters. The molecule has 1 aliphatic rings. The van der Waals surface area contributed by atoms with Gasteiger partial charge in [0.15, 0.2) is 0 Å². The lowest BCUT2D eigenvalue weighted by atomic mass is 10.1. The smallest absolute Gasteiger partial charge is 0.0959 e. The fraction of sp³-hybridized carbons (Fsp3) is 0.800. The first-order valence-corrected chi connectivity index (χ1v) is 2.56. The molecule has 0 aromatic heterocycles. The zero-order valence-electron chi connectivity index (χ0n) is 4.22. The Morgan fingerprint density at radius 3 is 2.14 bits per heavy atom. The minimum atomic E-state index is 0.620. The summed E-state index contributed by atoms with van der Waals surface area (Å²) in [5, 5.41) is 12.8. The van der Waals surface area contributed by atoms with Gasteiger partial charge in [-0.1, -0.05) is 0 Å². The summed E-state index contributed by atoms with van der Waals surface area (Å²) < 4.78 is 0. The van der Waals surface area contributed by atoms with Crippen molar-refractivity contribution in [3.63, 3.8) is 0 Å². The van der Waals surface area contributed by atoms with Crippen LogP contribution in [-0.4, -0.2) is 18.2 Å². The van der Waals surface area contributed by atoms with E-state index in [-0.39, 0.29) is 0 Å². The first kappa shape index (κ1) is 5.06. The molecule has 1 rings (SSSR count). The number of rotatable bonds is 0. The summed E-state index contributed by atoms with van der Waals surface area (Å²) >= 11 is 0. The lowest BCUT2D eigenvalue weighted by Crippen LogP contribution is -2.20. The van der Waals surface area contributed by atoms with Crippen molar-refractivity contribution < 1.29 is 5.11 Å². The third-order valence-corrected chi connectivity index (χ3v) is 1.12. The Bertz CT molecular complexity index is 50.0. The summed E-state index contributed by atoms with van der Waals surface area (Å²) in [4.78, 5) is 0. The van der Waals surface area contributed by atoms with Crippen molar-refractivity contribution in [2.45, 2.75) is 12.8 Å². The molecule has 1 fully saturated rings. The zero-order valence-corrected chi connectivity index (χ0v) is 4.22. The van der Waals surface area contributed by atoms with Gasteiger partial charge in [-0.15, -0.1) is 0 Å². The maximum atomic E-state index is 8.77. The summed E-state index contributed by atoms with van der Waals surface area (Å²) in [6.45, 7) is 1.65. The molecule has 1 aliphatic heterocycles. The molecule has 2 heteroatoms. The molecule has 1 saturated heterocycles. The molecule has 2 nitrogen and oxygen atoms in total. The molecular formula is C5H9NO. The van der Waals surface area contributed by atoms with E-state index in [1.54, 1.807) is 0 Å². The van der Waals surface area contributed by atoms with E-state index in [2.05, 4.69) is 5.32 Å². The highest BCUT2D eigenvalue weighted by atomic mass is 16.3. The van der Waals surface area contributed by atoms with Crippen LogP contribution in [0, 0.1) is 6.10 Å². The topological polar surface area (TPSA) is 34.3 Å². The van der Waals surface area contributed by atoms with Crippen LogP contribution < -0.4 is 5.32 Å². The minimum Gasteiger partial charge on any atom is -0.387 e. The van der Waals surface area contributed by atoms with E-state index in [1.165, 1.54) is 0 Å². The summed E-state index contributed by atoms with van der Waals surface area (Å²) in [7, 11) is 0. The monoisotopic (exact) mass is 99.1 g/mol. The van der Waals surface area contributed by atoms with E-state index in [0.717, 1.165) is 25.9 Å². The molecule has 1 N–H and O–H groups in total. The molecule has 7 heavy (non-hydrogen) atoms. The van der Waals surface area contributed by atoms with Crippen molar-refractivity contribution in [3.05, 3.63) is 6.10 Å². The van der Waals surface area contributed by atoms with E-state index >= 15 is 0 Å². The van der Waals surface area contributed by atoms with Crippen molar-refractivity contribution in [2.24, 2.45) is 0 Å². The third kappa shape index (κ3) is 1.45. The highest BCUT2D eigenvalue weighted by Crippen LogP contribution is 2.08. The van der Waals surface area contributed by atoms with Crippen LogP contribution in [0.1, 0.15) is 12.8 Å². The van der Waals surface area contributed by atoms with Crippen LogP contribution in [0.2, 0.25) is 0 Å². The van der Waals surface area contributed by atoms with Gasteiger partial charge in [-0.2, -0.15) is 0 Å². The number of piperidine rings is 1. The molecule has 0 aliphatic carbocycles. The predicted molar refractivity (Wildman–Crippen MR) is 26.3 cm³/mol. The van der Waals surface area contributed by atoms with Crippen LogP contribution >= 0.6 is 0 Å². The lowest BCUT2D eigenvalue weighted by molar-refractivity contribution is 0.245. The van der Waals surface area contributed by atoms with Crippen molar-refractivity contribution in [2.75, 3.05) is 13.1 Å². The molecule has 0 aromatic rings. The van der Waals surface area contributed by atoms with Crippen molar-refractivity contribution >= 4 is 0 Å². The summed E-state index contributed by atoms with van der Waals surface area (Å²) in [6, 6.07) is 0. The van der Waals surface area contributed by atoms with Gasteiger partial charge in [0.1, 0.15) is 0 Å². The first-order chi connectivity index (χ1) is 3.39. The lowest BCUT2D eigenvalue weighted by Gasteiger charge is -2.13. The second-order valence-corrected chi connectivity index (χ2v) is 1.74. The maximum absolute atomic E-state index is 8.77. The molecule has 0 bridgehead atoms. The highest BCUT2D eigenvalue weighted by Gasteiger charge is 2.09. The molecule has 1 heterocycles. The SMILES string of the molecule is O[C]1CC[N]CC1. The Morgan fingerprint density at radius 1 is 1.29 bits per heavy atom. The van der Waals surface area contributed by atoms with E-state index < -0.39 is 0 Å². The average molecular weight is 99.1 g/mol. The van der Waals surface area contributed by atoms with E-state index in [4.69, 9.17) is 5.11 Å². The second-order valence-electron chi connectivity index (χ2n) is 1.74. The Kier molecular flexibility index (Phi) is 1.65. The number of nitrogens with zero attached hydrogens (tertiary/aromatic N) is 1. The Labute approximate surface area is 43.5 Å². The van der Waals surface area contributed by atoms with Gasteiger partial charge in [-0.25, -0.2) is 5.32 Å². The van der Waals surface area contributed by atoms with Gasteiger partial charge in [0.25, 0.3) is 0 Å². The van der Waals surface area contributed by atoms with E-state index in [1.807, 2.05) is 0 Å². The van der Waals surface area contributed by atoms with Crippen LogP contribution in [0.4, 0.5) is 0 Å². The predicted octanol–water partition coefficient (Wildman–Crippen LogP) is 0.289. The first-order valence-electron chi connectivity index (χ1n) is 2.56. The Balaban J connectivity index is 2.12. The van der Waals surface area contributed by atoms with Crippen molar-refractivity contribution in [1.82, 2.24) is 5.32 Å². The largest absolute Gasteiger partial charge is 0.387 e. The number of aliphatic hydroxyl groups excluding tert-OH is 1. The molecule has 0 saturated carbocycles. The summed E-state index contributed by atoms with van der Waals surface area (Å²) in [5.41, 5.74) is 0. The van der Waals surface area contributed by atoms with Gasteiger partial charge >= 0.3 is 0 Å². The Morgan fingerprint density at radius 2 is 1.86 bits per heavy atom. The molecule has 0 amide bonds. The average Bonchev–Trinajstić information content (AvgIpc) is 1.69. The molecule has 0 aromatic carbocycles. The molecular weight excluding hydrogens is 90.1 g/mol. The minimum absolute atomic E-state index is 0.620. The van der Waals surface area contributed by atoms with Crippen molar-refractivity contribution in [1.29, 1.82) is 0 Å². The number of aliphatic hydroxyl groups is 1. The fourth-order valence-corrected chi connectivity index (χ4v) is 0.653. The zero-order chi connectivity index (χ0) is 5.11. The third-order valence-electron chi connectivity index (χ3n) is 1.12. The van der Waals surface area contributed by atoms with Crippen LogP contribution in [0.25, 0.3) is 0 Å². The van der Waals surface area contributed by atoms with Gasteiger partial charge in [0, 0.05) is 13.1 Å². The van der Waals surface area contributed by atoms with Gasteiger partial charge < -0.3 is 5.11 Å². The maximum Gasteiger partial charge on any atom is 0.0959 e. The molecule has 0 spiro atoms. The van der Waals surface area contributed by atoms with Crippen molar-refractivity contribution in [3.8, 4) is 0 Å². The fourth-order valence-electron chi connectivity index (χ4n) is 0.653. The Hall–Kier alpha value is -0.0800.